The molecule has 0 aliphatic heterocycles. The molecule has 0 radical (unpaired) electrons. The molecule has 0 heterocycles. The third-order valence-electron chi connectivity index (χ3n) is 2.99. The van der Waals surface area contributed by atoms with Gasteiger partial charge in [-0.25, -0.2) is 0 Å². The Balaban J connectivity index is 2.44. The predicted molar refractivity (Wildman–Crippen MR) is 51.8 cm³/mol. The monoisotopic (exact) mass is 197 g/mol. The van der Waals surface area contributed by atoms with Crippen molar-refractivity contribution in [2.75, 3.05) is 6.54 Å². The Kier molecular flexibility index (Phi) is 3.77. The fourth-order valence-corrected chi connectivity index (χ4v) is 2.16. The average molecular weight is 197 g/mol. The van der Waals surface area contributed by atoms with Gasteiger partial charge in [0.25, 0.3) is 0 Å². The molecule has 1 rings (SSSR count). The van der Waals surface area contributed by atoms with Crippen LogP contribution in [0.4, 0.5) is 0 Å². The zero-order valence-corrected chi connectivity index (χ0v) is 8.15. The topological polar surface area (TPSA) is 86.1 Å². The van der Waals surface area contributed by atoms with Crippen molar-refractivity contribution in [1.29, 1.82) is 0 Å². The summed E-state index contributed by atoms with van der Waals surface area (Å²) in [6.07, 6.45) is 4.89. The molecule has 0 atom stereocenters. The number of carbonyl (C=O) groups is 1. The number of rotatable bonds is 5. The Hall–Kier alpha value is -1.22. The van der Waals surface area contributed by atoms with Crippen LogP contribution in [0.5, 0.6) is 0 Å². The van der Waals surface area contributed by atoms with E-state index in [1.54, 1.807) is 0 Å². The van der Waals surface area contributed by atoms with Crippen molar-refractivity contribution in [3.8, 4) is 0 Å². The van der Waals surface area contributed by atoms with Gasteiger partial charge in [0.2, 0.25) is 0 Å². The highest BCUT2D eigenvalue weighted by Gasteiger charge is 2.40. The molecule has 1 aliphatic carbocycles. The van der Waals surface area contributed by atoms with Gasteiger partial charge in [-0.3, -0.25) is 4.79 Å². The van der Waals surface area contributed by atoms with Gasteiger partial charge < -0.3 is 5.11 Å². The van der Waals surface area contributed by atoms with E-state index in [1.165, 1.54) is 0 Å². The van der Waals surface area contributed by atoms with E-state index in [9.17, 15) is 4.79 Å². The molecule has 0 unspecified atom stereocenters. The molecule has 0 aromatic carbocycles. The first-order chi connectivity index (χ1) is 6.71. The van der Waals surface area contributed by atoms with E-state index < -0.39 is 11.4 Å². The molecule has 5 nitrogen and oxygen atoms in total. The standard InChI is InChI=1S/C9H15N3O2/c10-12-11-7-3-6-9(8(13)14)4-1-2-5-9/h1-7H2,(H,13,14). The van der Waals surface area contributed by atoms with E-state index in [0.29, 0.717) is 19.4 Å². The van der Waals surface area contributed by atoms with Crippen molar-refractivity contribution >= 4 is 5.97 Å². The van der Waals surface area contributed by atoms with Crippen LogP contribution in [-0.2, 0) is 4.79 Å². The molecule has 0 spiro atoms. The Morgan fingerprint density at radius 2 is 2.14 bits per heavy atom. The third kappa shape index (κ3) is 2.39. The molecule has 78 valence electrons. The average Bonchev–Trinajstić information content (AvgIpc) is 2.62. The number of aliphatic carboxylic acids is 1. The molecular formula is C9H15N3O2. The summed E-state index contributed by atoms with van der Waals surface area (Å²) in [6.45, 7) is 0.408. The first kappa shape index (κ1) is 10.9. The molecule has 1 aliphatic rings. The van der Waals surface area contributed by atoms with E-state index in [0.717, 1.165) is 25.7 Å². The Morgan fingerprint density at radius 3 is 2.64 bits per heavy atom. The summed E-state index contributed by atoms with van der Waals surface area (Å²) in [4.78, 5) is 13.7. The van der Waals surface area contributed by atoms with Gasteiger partial charge in [0.1, 0.15) is 0 Å². The van der Waals surface area contributed by atoms with Crippen LogP contribution in [0.1, 0.15) is 38.5 Å². The van der Waals surface area contributed by atoms with Gasteiger partial charge in [0.15, 0.2) is 0 Å². The highest BCUT2D eigenvalue weighted by molar-refractivity contribution is 5.74. The third-order valence-corrected chi connectivity index (χ3v) is 2.99. The van der Waals surface area contributed by atoms with E-state index in [2.05, 4.69) is 10.0 Å². The molecule has 0 aromatic rings. The van der Waals surface area contributed by atoms with Crippen LogP contribution in [-0.4, -0.2) is 17.6 Å². The maximum absolute atomic E-state index is 11.1. The zero-order valence-electron chi connectivity index (χ0n) is 8.15. The SMILES string of the molecule is [N-]=[N+]=NCCCC1(C(=O)O)CCCC1. The largest absolute Gasteiger partial charge is 0.481 e. The number of azide groups is 1. The van der Waals surface area contributed by atoms with Crippen LogP contribution in [0, 0.1) is 5.41 Å². The lowest BCUT2D eigenvalue weighted by Crippen LogP contribution is -2.27. The normalized spacial score (nSPS) is 18.9. The van der Waals surface area contributed by atoms with Crippen molar-refractivity contribution in [3.63, 3.8) is 0 Å². The Morgan fingerprint density at radius 1 is 1.50 bits per heavy atom. The second-order valence-corrected chi connectivity index (χ2v) is 3.85. The van der Waals surface area contributed by atoms with E-state index in [1.807, 2.05) is 0 Å². The first-order valence-corrected chi connectivity index (χ1v) is 4.95. The minimum absolute atomic E-state index is 0.408. The smallest absolute Gasteiger partial charge is 0.309 e. The predicted octanol–water partition coefficient (Wildman–Crippen LogP) is 2.72. The fourth-order valence-electron chi connectivity index (χ4n) is 2.16. The maximum Gasteiger partial charge on any atom is 0.309 e. The fraction of sp³-hybridized carbons (Fsp3) is 0.889. The van der Waals surface area contributed by atoms with Gasteiger partial charge in [-0.1, -0.05) is 18.0 Å². The number of hydrogen-bond acceptors (Lipinski definition) is 2. The van der Waals surface area contributed by atoms with Crippen LogP contribution in [0.15, 0.2) is 5.11 Å². The van der Waals surface area contributed by atoms with Gasteiger partial charge >= 0.3 is 5.97 Å². The second kappa shape index (κ2) is 4.86. The number of carboxylic acids is 1. The van der Waals surface area contributed by atoms with Crippen LogP contribution in [0.2, 0.25) is 0 Å². The summed E-state index contributed by atoms with van der Waals surface area (Å²) in [5, 5.41) is 12.5. The first-order valence-electron chi connectivity index (χ1n) is 4.95. The van der Waals surface area contributed by atoms with Crippen molar-refractivity contribution in [2.24, 2.45) is 10.5 Å². The molecule has 0 saturated heterocycles. The molecular weight excluding hydrogens is 182 g/mol. The van der Waals surface area contributed by atoms with Gasteiger partial charge in [-0.2, -0.15) is 0 Å². The van der Waals surface area contributed by atoms with Gasteiger partial charge in [-0.05, 0) is 31.2 Å². The van der Waals surface area contributed by atoms with E-state index >= 15 is 0 Å². The molecule has 0 aromatic heterocycles. The van der Waals surface area contributed by atoms with Crippen LogP contribution in [0.3, 0.4) is 0 Å². The summed E-state index contributed by atoms with van der Waals surface area (Å²) >= 11 is 0. The molecule has 1 N–H and O–H groups in total. The highest BCUT2D eigenvalue weighted by atomic mass is 16.4. The lowest BCUT2D eigenvalue weighted by molar-refractivity contribution is -0.149. The number of carboxylic acid groups (broad SMARTS) is 1. The molecule has 14 heavy (non-hydrogen) atoms. The van der Waals surface area contributed by atoms with Crippen molar-refractivity contribution in [3.05, 3.63) is 10.4 Å². The highest BCUT2D eigenvalue weighted by Crippen LogP contribution is 2.42. The zero-order chi connectivity index (χ0) is 10.4. The molecule has 0 bridgehead atoms. The lowest BCUT2D eigenvalue weighted by Gasteiger charge is -2.22. The van der Waals surface area contributed by atoms with Crippen LogP contribution in [0.25, 0.3) is 10.4 Å². The van der Waals surface area contributed by atoms with Crippen LogP contribution >= 0.6 is 0 Å². The van der Waals surface area contributed by atoms with Gasteiger partial charge in [0, 0.05) is 11.5 Å². The van der Waals surface area contributed by atoms with Gasteiger partial charge in [0.05, 0.1) is 5.41 Å². The van der Waals surface area contributed by atoms with Crippen molar-refractivity contribution in [2.45, 2.75) is 38.5 Å². The minimum atomic E-state index is -0.684. The van der Waals surface area contributed by atoms with Crippen LogP contribution < -0.4 is 0 Å². The summed E-state index contributed by atoms with van der Waals surface area (Å²) < 4.78 is 0. The quantitative estimate of drug-likeness (QED) is 0.318. The molecule has 1 saturated carbocycles. The second-order valence-electron chi connectivity index (χ2n) is 3.85. The summed E-state index contributed by atoms with van der Waals surface area (Å²) in [6, 6.07) is 0. The Bertz CT molecular complexity index is 253. The number of hydrogen-bond donors (Lipinski definition) is 1. The number of nitrogens with zero attached hydrogens (tertiary/aromatic N) is 3. The molecule has 1 fully saturated rings. The Labute approximate surface area is 82.7 Å². The summed E-state index contributed by atoms with van der Waals surface area (Å²) in [5.74, 6) is -0.684. The molecule has 5 heteroatoms. The summed E-state index contributed by atoms with van der Waals surface area (Å²) in [7, 11) is 0. The minimum Gasteiger partial charge on any atom is -0.481 e. The van der Waals surface area contributed by atoms with E-state index in [4.69, 9.17) is 10.6 Å². The summed E-state index contributed by atoms with van der Waals surface area (Å²) in [5.41, 5.74) is 7.55. The maximum atomic E-state index is 11.1. The van der Waals surface area contributed by atoms with Gasteiger partial charge in [-0.15, -0.1) is 0 Å². The lowest BCUT2D eigenvalue weighted by atomic mass is 9.82. The molecule has 0 amide bonds. The van der Waals surface area contributed by atoms with Crippen molar-refractivity contribution in [1.82, 2.24) is 0 Å². The van der Waals surface area contributed by atoms with Crippen molar-refractivity contribution < 1.29 is 9.90 Å². The van der Waals surface area contributed by atoms with E-state index in [-0.39, 0.29) is 0 Å².